The fourth-order valence-corrected chi connectivity index (χ4v) is 2.08. The van der Waals surface area contributed by atoms with Gasteiger partial charge in [-0.25, -0.2) is 0 Å². The van der Waals surface area contributed by atoms with Crippen LogP contribution >= 0.6 is 0 Å². The highest BCUT2D eigenvalue weighted by Crippen LogP contribution is 2.05. The first-order valence-corrected chi connectivity index (χ1v) is 6.59. The van der Waals surface area contributed by atoms with E-state index in [1.54, 1.807) is 0 Å². The molecule has 0 aromatic heterocycles. The van der Waals surface area contributed by atoms with Crippen molar-refractivity contribution in [3.05, 3.63) is 35.9 Å². The van der Waals surface area contributed by atoms with Gasteiger partial charge in [0.15, 0.2) is 0 Å². The Hall–Kier alpha value is -1.35. The molecule has 1 amide bonds. The molecule has 0 heterocycles. The molecule has 3 heteroatoms. The third kappa shape index (κ3) is 5.32. The van der Waals surface area contributed by atoms with E-state index in [1.165, 1.54) is 0 Å². The van der Waals surface area contributed by atoms with Crippen molar-refractivity contribution < 1.29 is 4.79 Å². The van der Waals surface area contributed by atoms with Crippen molar-refractivity contribution in [3.63, 3.8) is 0 Å². The van der Waals surface area contributed by atoms with E-state index in [1.807, 2.05) is 37.3 Å². The molecule has 1 rings (SSSR count). The molecule has 0 aliphatic carbocycles. The Morgan fingerprint density at radius 3 is 2.39 bits per heavy atom. The van der Waals surface area contributed by atoms with E-state index < -0.39 is 6.04 Å². The second kappa shape index (κ2) is 7.17. The van der Waals surface area contributed by atoms with Crippen LogP contribution in [-0.2, 0) is 11.2 Å². The summed E-state index contributed by atoms with van der Waals surface area (Å²) in [7, 11) is 0. The Labute approximate surface area is 110 Å². The van der Waals surface area contributed by atoms with Crippen LogP contribution in [0.25, 0.3) is 0 Å². The molecule has 0 saturated carbocycles. The molecule has 0 aliphatic rings. The Balaban J connectivity index is 2.42. The van der Waals surface area contributed by atoms with Crippen LogP contribution in [0.2, 0.25) is 0 Å². The molecule has 1 unspecified atom stereocenters. The average molecular weight is 248 g/mol. The maximum absolute atomic E-state index is 11.9. The number of hydrogen-bond acceptors (Lipinski definition) is 2. The van der Waals surface area contributed by atoms with Crippen LogP contribution in [0.1, 0.15) is 32.8 Å². The van der Waals surface area contributed by atoms with Gasteiger partial charge in [0.1, 0.15) is 0 Å². The number of nitrogens with one attached hydrogen (secondary N) is 1. The van der Waals surface area contributed by atoms with Crippen molar-refractivity contribution in [1.29, 1.82) is 0 Å². The van der Waals surface area contributed by atoms with Crippen LogP contribution in [0.3, 0.4) is 0 Å². The van der Waals surface area contributed by atoms with E-state index in [0.29, 0.717) is 12.3 Å². The molecule has 1 aromatic carbocycles. The van der Waals surface area contributed by atoms with Gasteiger partial charge < -0.3 is 11.1 Å². The zero-order chi connectivity index (χ0) is 13.5. The normalized spacial score (nSPS) is 14.3. The third-order valence-electron chi connectivity index (χ3n) is 2.85. The largest absolute Gasteiger partial charge is 0.352 e. The molecule has 0 spiro atoms. The molecule has 1 aromatic rings. The van der Waals surface area contributed by atoms with Crippen LogP contribution in [0.15, 0.2) is 30.3 Å². The fourth-order valence-electron chi connectivity index (χ4n) is 2.08. The van der Waals surface area contributed by atoms with Gasteiger partial charge in [0.05, 0.1) is 6.04 Å². The number of benzene rings is 1. The first-order chi connectivity index (χ1) is 8.49. The molecule has 2 atom stereocenters. The second-order valence-electron chi connectivity index (χ2n) is 5.34. The number of carbonyl (C=O) groups is 1. The monoisotopic (exact) mass is 248 g/mol. The lowest BCUT2D eigenvalue weighted by molar-refractivity contribution is -0.123. The van der Waals surface area contributed by atoms with E-state index in [0.717, 1.165) is 12.0 Å². The number of nitrogens with two attached hydrogens (primary N) is 1. The highest BCUT2D eigenvalue weighted by atomic mass is 16.2. The first-order valence-electron chi connectivity index (χ1n) is 6.59. The smallest absolute Gasteiger partial charge is 0.237 e. The van der Waals surface area contributed by atoms with Gasteiger partial charge in [-0.3, -0.25) is 4.79 Å². The molecule has 3 nitrogen and oxygen atoms in total. The standard InChI is InChI=1S/C15H24N2O/c1-11(2)9-12(3)17-15(18)14(16)10-13-7-5-4-6-8-13/h4-8,11-12,14H,9-10,16H2,1-3H3,(H,17,18)/t12?,14-/m0/s1. The molecule has 18 heavy (non-hydrogen) atoms. The summed E-state index contributed by atoms with van der Waals surface area (Å²) < 4.78 is 0. The lowest BCUT2D eigenvalue weighted by Gasteiger charge is -2.19. The minimum absolute atomic E-state index is 0.0630. The lowest BCUT2D eigenvalue weighted by Crippen LogP contribution is -2.45. The van der Waals surface area contributed by atoms with Crippen LogP contribution in [0.5, 0.6) is 0 Å². The zero-order valence-electron chi connectivity index (χ0n) is 11.5. The maximum atomic E-state index is 11.9. The summed E-state index contributed by atoms with van der Waals surface area (Å²) in [5.74, 6) is 0.512. The minimum atomic E-state index is -0.470. The predicted octanol–water partition coefficient (Wildman–Crippen LogP) is 2.11. The van der Waals surface area contributed by atoms with E-state index in [9.17, 15) is 4.79 Å². The number of amides is 1. The van der Waals surface area contributed by atoms with E-state index in [2.05, 4.69) is 19.2 Å². The Kier molecular flexibility index (Phi) is 5.86. The molecule has 0 bridgehead atoms. The summed E-state index contributed by atoms with van der Waals surface area (Å²) in [5, 5.41) is 2.97. The van der Waals surface area contributed by atoms with Gasteiger partial charge in [-0.2, -0.15) is 0 Å². The van der Waals surface area contributed by atoms with Crippen molar-refractivity contribution in [2.45, 2.75) is 45.7 Å². The second-order valence-corrected chi connectivity index (χ2v) is 5.34. The van der Waals surface area contributed by atoms with Gasteiger partial charge in [0.2, 0.25) is 5.91 Å². The molecule has 0 aliphatic heterocycles. The lowest BCUT2D eigenvalue weighted by atomic mass is 10.0. The van der Waals surface area contributed by atoms with Gasteiger partial charge in [0.25, 0.3) is 0 Å². The quantitative estimate of drug-likeness (QED) is 0.810. The number of carbonyl (C=O) groups excluding carboxylic acids is 1. The first kappa shape index (κ1) is 14.7. The molecule has 3 N–H and O–H groups in total. The van der Waals surface area contributed by atoms with Crippen LogP contribution < -0.4 is 11.1 Å². The molecule has 0 fully saturated rings. The summed E-state index contributed by atoms with van der Waals surface area (Å²) in [6, 6.07) is 9.57. The number of hydrogen-bond donors (Lipinski definition) is 2. The maximum Gasteiger partial charge on any atom is 0.237 e. The highest BCUT2D eigenvalue weighted by Gasteiger charge is 2.16. The summed E-state index contributed by atoms with van der Waals surface area (Å²) in [6.45, 7) is 6.31. The molecule has 0 saturated heterocycles. The van der Waals surface area contributed by atoms with Crippen molar-refractivity contribution >= 4 is 5.91 Å². The topological polar surface area (TPSA) is 55.1 Å². The average Bonchev–Trinajstić information content (AvgIpc) is 2.28. The fraction of sp³-hybridized carbons (Fsp3) is 0.533. The summed E-state index contributed by atoms with van der Waals surface area (Å²) in [5.41, 5.74) is 7.01. The number of rotatable bonds is 6. The van der Waals surface area contributed by atoms with Crippen molar-refractivity contribution in [1.82, 2.24) is 5.32 Å². The van der Waals surface area contributed by atoms with Gasteiger partial charge in [-0.05, 0) is 31.2 Å². The van der Waals surface area contributed by atoms with Gasteiger partial charge in [0, 0.05) is 6.04 Å². The van der Waals surface area contributed by atoms with Crippen LogP contribution in [0.4, 0.5) is 0 Å². The van der Waals surface area contributed by atoms with Crippen molar-refractivity contribution in [2.75, 3.05) is 0 Å². The third-order valence-corrected chi connectivity index (χ3v) is 2.85. The highest BCUT2D eigenvalue weighted by molar-refractivity contribution is 5.82. The van der Waals surface area contributed by atoms with Gasteiger partial charge >= 0.3 is 0 Å². The minimum Gasteiger partial charge on any atom is -0.352 e. The summed E-state index contributed by atoms with van der Waals surface area (Å²) in [4.78, 5) is 11.9. The molecule has 0 radical (unpaired) electrons. The molecular formula is C15H24N2O. The Bertz CT molecular complexity index is 362. The Morgan fingerprint density at radius 2 is 1.83 bits per heavy atom. The predicted molar refractivity (Wildman–Crippen MR) is 75.2 cm³/mol. The Morgan fingerprint density at radius 1 is 1.22 bits per heavy atom. The summed E-state index contributed by atoms with van der Waals surface area (Å²) >= 11 is 0. The van der Waals surface area contributed by atoms with Crippen LogP contribution in [0, 0.1) is 5.92 Å². The van der Waals surface area contributed by atoms with Gasteiger partial charge in [-0.1, -0.05) is 44.2 Å². The van der Waals surface area contributed by atoms with E-state index in [-0.39, 0.29) is 11.9 Å². The van der Waals surface area contributed by atoms with E-state index in [4.69, 9.17) is 5.73 Å². The van der Waals surface area contributed by atoms with E-state index >= 15 is 0 Å². The molecule has 100 valence electrons. The van der Waals surface area contributed by atoms with Gasteiger partial charge in [-0.15, -0.1) is 0 Å². The zero-order valence-corrected chi connectivity index (χ0v) is 11.5. The van der Waals surface area contributed by atoms with Crippen molar-refractivity contribution in [2.24, 2.45) is 11.7 Å². The van der Waals surface area contributed by atoms with Crippen molar-refractivity contribution in [3.8, 4) is 0 Å². The summed E-state index contributed by atoms with van der Waals surface area (Å²) in [6.07, 6.45) is 1.56. The SMILES string of the molecule is CC(C)CC(C)NC(=O)[C@@H](N)Cc1ccccc1. The molecular weight excluding hydrogens is 224 g/mol. The van der Waals surface area contributed by atoms with Crippen LogP contribution in [-0.4, -0.2) is 18.0 Å².